The molecule has 0 aromatic carbocycles. The number of carbonyl (C=O) groups is 1. The van der Waals surface area contributed by atoms with Crippen LogP contribution >= 0.6 is 0 Å². The number of rotatable bonds is 6. The average Bonchev–Trinajstić information content (AvgIpc) is 3.16. The summed E-state index contributed by atoms with van der Waals surface area (Å²) in [6, 6.07) is 4.02. The van der Waals surface area contributed by atoms with E-state index in [1.807, 2.05) is 12.1 Å². The van der Waals surface area contributed by atoms with Crippen molar-refractivity contribution in [2.24, 2.45) is 5.41 Å². The molecule has 1 fully saturated rings. The largest absolute Gasteiger partial charge is 0.469 e. The van der Waals surface area contributed by atoms with Crippen LogP contribution in [-0.2, 0) is 16.0 Å². The van der Waals surface area contributed by atoms with E-state index in [9.17, 15) is 4.79 Å². The lowest BCUT2D eigenvalue weighted by atomic mass is 10.1. The van der Waals surface area contributed by atoms with E-state index in [0.717, 1.165) is 32.4 Å². The summed E-state index contributed by atoms with van der Waals surface area (Å²) in [5, 5.41) is 3.33. The molecule has 17 heavy (non-hydrogen) atoms. The molecule has 0 radical (unpaired) electrons. The second kappa shape index (κ2) is 5.27. The number of methoxy groups -OCH3 is 1. The zero-order chi connectivity index (χ0) is 12.1. The third-order valence-electron chi connectivity index (χ3n) is 3.28. The molecule has 1 saturated carbocycles. The highest BCUT2D eigenvalue weighted by Gasteiger charge is 2.50. The van der Waals surface area contributed by atoms with E-state index in [2.05, 4.69) is 10.3 Å². The number of ether oxygens (including phenoxy) is 1. The Morgan fingerprint density at radius 2 is 2.18 bits per heavy atom. The van der Waals surface area contributed by atoms with Gasteiger partial charge < -0.3 is 10.1 Å². The van der Waals surface area contributed by atoms with Gasteiger partial charge in [0.1, 0.15) is 0 Å². The van der Waals surface area contributed by atoms with Gasteiger partial charge in [-0.2, -0.15) is 0 Å². The van der Waals surface area contributed by atoms with Crippen LogP contribution in [-0.4, -0.2) is 31.2 Å². The minimum Gasteiger partial charge on any atom is -0.469 e. The summed E-state index contributed by atoms with van der Waals surface area (Å²) >= 11 is 0. The Kier molecular flexibility index (Phi) is 3.74. The first-order chi connectivity index (χ1) is 8.27. The van der Waals surface area contributed by atoms with E-state index < -0.39 is 0 Å². The fourth-order valence-corrected chi connectivity index (χ4v) is 1.93. The fraction of sp³-hybridized carbons (Fsp3) is 0.538. The molecule has 0 atom stereocenters. The molecule has 4 nitrogen and oxygen atoms in total. The van der Waals surface area contributed by atoms with Crippen molar-refractivity contribution in [1.29, 1.82) is 0 Å². The number of pyridine rings is 1. The molecule has 1 N–H and O–H groups in total. The summed E-state index contributed by atoms with van der Waals surface area (Å²) < 4.78 is 4.81. The number of hydrogen-bond donors (Lipinski definition) is 1. The van der Waals surface area contributed by atoms with Gasteiger partial charge in [0.05, 0.1) is 12.5 Å². The van der Waals surface area contributed by atoms with Crippen molar-refractivity contribution < 1.29 is 9.53 Å². The van der Waals surface area contributed by atoms with Crippen LogP contribution in [0, 0.1) is 5.41 Å². The van der Waals surface area contributed by atoms with E-state index in [1.54, 1.807) is 12.4 Å². The number of carbonyl (C=O) groups excluding carboxylic acids is 1. The van der Waals surface area contributed by atoms with Gasteiger partial charge in [-0.25, -0.2) is 0 Å². The maximum absolute atomic E-state index is 11.5. The zero-order valence-corrected chi connectivity index (χ0v) is 10.1. The van der Waals surface area contributed by atoms with Gasteiger partial charge in [0.25, 0.3) is 0 Å². The minimum absolute atomic E-state index is 0.0751. The van der Waals surface area contributed by atoms with Crippen LogP contribution in [0.3, 0.4) is 0 Å². The number of nitrogens with one attached hydrogen (secondary N) is 1. The first-order valence-corrected chi connectivity index (χ1v) is 5.95. The molecule has 2 rings (SSSR count). The van der Waals surface area contributed by atoms with Crippen LogP contribution in [0.4, 0.5) is 0 Å². The summed E-state index contributed by atoms with van der Waals surface area (Å²) in [6.07, 6.45) is 6.45. The van der Waals surface area contributed by atoms with Crippen LogP contribution in [0.25, 0.3) is 0 Å². The molecular weight excluding hydrogens is 216 g/mol. The fourth-order valence-electron chi connectivity index (χ4n) is 1.93. The van der Waals surface area contributed by atoms with Gasteiger partial charge in [-0.3, -0.25) is 9.78 Å². The molecule has 0 amide bonds. The molecule has 92 valence electrons. The minimum atomic E-state index is -0.229. The van der Waals surface area contributed by atoms with Gasteiger partial charge in [-0.05, 0) is 43.5 Å². The van der Waals surface area contributed by atoms with E-state index in [-0.39, 0.29) is 11.4 Å². The average molecular weight is 234 g/mol. The van der Waals surface area contributed by atoms with Gasteiger partial charge in [0, 0.05) is 18.9 Å². The topological polar surface area (TPSA) is 51.2 Å². The molecule has 1 aliphatic carbocycles. The Hall–Kier alpha value is -1.42. The predicted octanol–water partition coefficient (Wildman–Crippen LogP) is 1.17. The second-order valence-electron chi connectivity index (χ2n) is 4.55. The lowest BCUT2D eigenvalue weighted by Crippen LogP contribution is -2.32. The third kappa shape index (κ3) is 3.03. The van der Waals surface area contributed by atoms with Crippen molar-refractivity contribution in [1.82, 2.24) is 10.3 Å². The Bertz CT molecular complexity index is 374. The maximum Gasteiger partial charge on any atom is 0.313 e. The number of aromatic nitrogens is 1. The second-order valence-corrected chi connectivity index (χ2v) is 4.55. The summed E-state index contributed by atoms with van der Waals surface area (Å²) in [6.45, 7) is 1.60. The molecule has 1 aromatic heterocycles. The van der Waals surface area contributed by atoms with Gasteiger partial charge in [-0.15, -0.1) is 0 Å². The Morgan fingerprint density at radius 3 is 2.76 bits per heavy atom. The summed E-state index contributed by atoms with van der Waals surface area (Å²) in [7, 11) is 1.46. The van der Waals surface area contributed by atoms with Crippen molar-refractivity contribution in [2.75, 3.05) is 20.2 Å². The summed E-state index contributed by atoms with van der Waals surface area (Å²) in [5.74, 6) is -0.0751. The van der Waals surface area contributed by atoms with Gasteiger partial charge >= 0.3 is 5.97 Å². The quantitative estimate of drug-likeness (QED) is 0.593. The molecule has 1 aliphatic rings. The van der Waals surface area contributed by atoms with Crippen molar-refractivity contribution in [3.05, 3.63) is 30.1 Å². The van der Waals surface area contributed by atoms with Crippen molar-refractivity contribution in [3.8, 4) is 0 Å². The third-order valence-corrected chi connectivity index (χ3v) is 3.28. The van der Waals surface area contributed by atoms with Crippen molar-refractivity contribution in [3.63, 3.8) is 0 Å². The van der Waals surface area contributed by atoms with E-state index >= 15 is 0 Å². The SMILES string of the molecule is COC(=O)C1(CNCCc2ccncc2)CC1. The number of nitrogens with zero attached hydrogens (tertiary/aromatic N) is 1. The summed E-state index contributed by atoms with van der Waals surface area (Å²) in [5.41, 5.74) is 1.03. The number of hydrogen-bond acceptors (Lipinski definition) is 4. The smallest absolute Gasteiger partial charge is 0.313 e. The van der Waals surface area contributed by atoms with Crippen LogP contribution in [0.2, 0.25) is 0 Å². The molecule has 0 spiro atoms. The van der Waals surface area contributed by atoms with Gasteiger partial charge in [-0.1, -0.05) is 0 Å². The molecule has 0 aliphatic heterocycles. The molecule has 0 saturated heterocycles. The Balaban J connectivity index is 1.69. The van der Waals surface area contributed by atoms with Crippen LogP contribution in [0.1, 0.15) is 18.4 Å². The van der Waals surface area contributed by atoms with Crippen molar-refractivity contribution >= 4 is 5.97 Å². The highest BCUT2D eigenvalue weighted by Crippen LogP contribution is 2.45. The van der Waals surface area contributed by atoms with E-state index in [0.29, 0.717) is 0 Å². The Morgan fingerprint density at radius 1 is 1.47 bits per heavy atom. The molecule has 1 aromatic rings. The highest BCUT2D eigenvalue weighted by atomic mass is 16.5. The standard InChI is InChI=1S/C13H18N2O2/c1-17-12(16)13(5-6-13)10-15-9-4-11-2-7-14-8-3-11/h2-3,7-8,15H,4-6,9-10H2,1H3. The van der Waals surface area contributed by atoms with E-state index in [1.165, 1.54) is 12.7 Å². The summed E-state index contributed by atoms with van der Waals surface area (Å²) in [4.78, 5) is 15.5. The molecule has 1 heterocycles. The monoisotopic (exact) mass is 234 g/mol. The first kappa shape index (κ1) is 12.0. The van der Waals surface area contributed by atoms with Crippen LogP contribution < -0.4 is 5.32 Å². The van der Waals surface area contributed by atoms with E-state index in [4.69, 9.17) is 4.74 Å². The van der Waals surface area contributed by atoms with Crippen molar-refractivity contribution in [2.45, 2.75) is 19.3 Å². The number of esters is 1. The predicted molar refractivity (Wildman–Crippen MR) is 64.5 cm³/mol. The first-order valence-electron chi connectivity index (χ1n) is 5.95. The molecular formula is C13H18N2O2. The van der Waals surface area contributed by atoms with Crippen LogP contribution in [0.5, 0.6) is 0 Å². The lowest BCUT2D eigenvalue weighted by molar-refractivity contribution is -0.146. The molecule has 0 bridgehead atoms. The normalized spacial score (nSPS) is 16.5. The molecule has 4 heteroatoms. The van der Waals surface area contributed by atoms with Crippen LogP contribution in [0.15, 0.2) is 24.5 Å². The van der Waals surface area contributed by atoms with Gasteiger partial charge in [0.2, 0.25) is 0 Å². The lowest BCUT2D eigenvalue weighted by Gasteiger charge is -2.13. The highest BCUT2D eigenvalue weighted by molar-refractivity contribution is 5.80. The maximum atomic E-state index is 11.5. The van der Waals surface area contributed by atoms with Gasteiger partial charge in [0.15, 0.2) is 0 Å². The zero-order valence-electron chi connectivity index (χ0n) is 10.1. The Labute approximate surface area is 101 Å². The molecule has 0 unspecified atom stereocenters.